The van der Waals surface area contributed by atoms with E-state index >= 15 is 0 Å². The predicted molar refractivity (Wildman–Crippen MR) is 106 cm³/mol. The summed E-state index contributed by atoms with van der Waals surface area (Å²) in [7, 11) is 0. The Hall–Kier alpha value is -2.87. The number of hydrogen-bond donors (Lipinski definition) is 0. The van der Waals surface area contributed by atoms with E-state index in [1.54, 1.807) is 0 Å². The first-order chi connectivity index (χ1) is 14.1. The summed E-state index contributed by atoms with van der Waals surface area (Å²) in [6.07, 6.45) is 3.34. The Kier molecular flexibility index (Phi) is 4.50. The number of pyridine rings is 1. The fourth-order valence-corrected chi connectivity index (χ4v) is 4.21. The van der Waals surface area contributed by atoms with E-state index < -0.39 is 11.6 Å². The van der Waals surface area contributed by atoms with Gasteiger partial charge in [0.15, 0.2) is 11.6 Å². The SMILES string of the molecule is CC1CN(c2ncnc3cc(F)c(F)cc23)Cc2cc(N3CCOCC3)cnc21. The smallest absolute Gasteiger partial charge is 0.161 e. The monoisotopic (exact) mass is 397 g/mol. The minimum Gasteiger partial charge on any atom is -0.378 e. The highest BCUT2D eigenvalue weighted by Gasteiger charge is 2.27. The molecule has 29 heavy (non-hydrogen) atoms. The highest BCUT2D eigenvalue weighted by atomic mass is 19.2. The number of rotatable bonds is 2. The van der Waals surface area contributed by atoms with Gasteiger partial charge in [0.1, 0.15) is 12.1 Å². The zero-order valence-corrected chi connectivity index (χ0v) is 16.1. The predicted octanol–water partition coefficient (Wildman–Crippen LogP) is 3.26. The zero-order valence-electron chi connectivity index (χ0n) is 16.1. The molecule has 6 nitrogen and oxygen atoms in total. The minimum atomic E-state index is -0.904. The lowest BCUT2D eigenvalue weighted by atomic mass is 9.95. The van der Waals surface area contributed by atoms with Gasteiger partial charge >= 0.3 is 0 Å². The van der Waals surface area contributed by atoms with Crippen molar-refractivity contribution in [2.24, 2.45) is 0 Å². The fourth-order valence-electron chi connectivity index (χ4n) is 4.21. The third-order valence-electron chi connectivity index (χ3n) is 5.64. The molecule has 1 aromatic carbocycles. The molecule has 4 heterocycles. The second-order valence-corrected chi connectivity index (χ2v) is 7.60. The Morgan fingerprint density at radius 2 is 1.79 bits per heavy atom. The van der Waals surface area contributed by atoms with Crippen molar-refractivity contribution in [2.75, 3.05) is 42.6 Å². The normalized spacial score (nSPS) is 19.5. The van der Waals surface area contributed by atoms with Gasteiger partial charge in [0.2, 0.25) is 0 Å². The molecule has 1 unspecified atom stereocenters. The van der Waals surface area contributed by atoms with Crippen molar-refractivity contribution < 1.29 is 13.5 Å². The standard InChI is InChI=1S/C21H21F2N5O/c1-13-10-28(21-16-7-17(22)18(23)8-19(16)25-12-26-21)11-14-6-15(9-24-20(13)14)27-2-4-29-5-3-27/h6-9,12-13H,2-5,10-11H2,1H3. The van der Waals surface area contributed by atoms with Gasteiger partial charge < -0.3 is 14.5 Å². The number of fused-ring (bicyclic) bond motifs is 2. The molecule has 1 saturated heterocycles. The molecule has 2 aromatic heterocycles. The van der Waals surface area contributed by atoms with Crippen LogP contribution in [-0.4, -0.2) is 47.8 Å². The Balaban J connectivity index is 1.52. The summed E-state index contributed by atoms with van der Waals surface area (Å²) in [5.74, 6) is -0.995. The molecule has 1 fully saturated rings. The average molecular weight is 397 g/mol. The molecule has 0 amide bonds. The fraction of sp³-hybridized carbons (Fsp3) is 0.381. The molecule has 150 valence electrons. The van der Waals surface area contributed by atoms with Crippen LogP contribution in [0.5, 0.6) is 0 Å². The number of nitrogens with zero attached hydrogens (tertiary/aromatic N) is 5. The van der Waals surface area contributed by atoms with E-state index in [2.05, 4.69) is 32.8 Å². The van der Waals surface area contributed by atoms with Crippen LogP contribution in [0.1, 0.15) is 24.1 Å². The van der Waals surface area contributed by atoms with Gasteiger partial charge in [-0.1, -0.05) is 6.92 Å². The van der Waals surface area contributed by atoms with Crippen LogP contribution in [0.3, 0.4) is 0 Å². The second-order valence-electron chi connectivity index (χ2n) is 7.60. The lowest BCUT2D eigenvalue weighted by molar-refractivity contribution is 0.122. The van der Waals surface area contributed by atoms with E-state index in [0.29, 0.717) is 43.0 Å². The maximum absolute atomic E-state index is 13.9. The van der Waals surface area contributed by atoms with Gasteiger partial charge in [0, 0.05) is 43.5 Å². The van der Waals surface area contributed by atoms with E-state index in [9.17, 15) is 8.78 Å². The average Bonchev–Trinajstić information content (AvgIpc) is 2.74. The topological polar surface area (TPSA) is 54.4 Å². The lowest BCUT2D eigenvalue weighted by Crippen LogP contribution is -2.37. The van der Waals surface area contributed by atoms with Crippen LogP contribution in [-0.2, 0) is 11.3 Å². The van der Waals surface area contributed by atoms with E-state index in [1.807, 2.05) is 6.20 Å². The third-order valence-corrected chi connectivity index (χ3v) is 5.64. The first-order valence-electron chi connectivity index (χ1n) is 9.76. The van der Waals surface area contributed by atoms with E-state index in [4.69, 9.17) is 9.72 Å². The van der Waals surface area contributed by atoms with Crippen LogP contribution in [0.25, 0.3) is 10.9 Å². The largest absolute Gasteiger partial charge is 0.378 e. The van der Waals surface area contributed by atoms with Crippen molar-refractivity contribution >= 4 is 22.4 Å². The molecule has 0 saturated carbocycles. The summed E-state index contributed by atoms with van der Waals surface area (Å²) in [5, 5.41) is 0.513. The van der Waals surface area contributed by atoms with Gasteiger partial charge in [-0.25, -0.2) is 18.7 Å². The molecule has 8 heteroatoms. The van der Waals surface area contributed by atoms with E-state index in [-0.39, 0.29) is 5.92 Å². The Bertz CT molecular complexity index is 1070. The lowest BCUT2D eigenvalue weighted by Gasteiger charge is -2.35. The highest BCUT2D eigenvalue weighted by Crippen LogP contribution is 2.34. The van der Waals surface area contributed by atoms with E-state index in [0.717, 1.165) is 36.1 Å². The Labute approximate surface area is 167 Å². The summed E-state index contributed by atoms with van der Waals surface area (Å²) >= 11 is 0. The quantitative estimate of drug-likeness (QED) is 0.662. The number of ether oxygens (including phenoxy) is 1. The zero-order chi connectivity index (χ0) is 20.0. The summed E-state index contributed by atoms with van der Waals surface area (Å²) in [5.41, 5.74) is 3.69. The third kappa shape index (κ3) is 3.27. The molecule has 0 radical (unpaired) electrons. The maximum atomic E-state index is 13.9. The van der Waals surface area contributed by atoms with Crippen LogP contribution < -0.4 is 9.80 Å². The van der Waals surface area contributed by atoms with Crippen molar-refractivity contribution in [2.45, 2.75) is 19.4 Å². The maximum Gasteiger partial charge on any atom is 0.161 e. The van der Waals surface area contributed by atoms with Crippen molar-refractivity contribution in [1.29, 1.82) is 0 Å². The van der Waals surface area contributed by atoms with Crippen LogP contribution >= 0.6 is 0 Å². The number of benzene rings is 1. The van der Waals surface area contributed by atoms with Crippen molar-refractivity contribution in [3.05, 3.63) is 53.6 Å². The molecular formula is C21H21F2N5O. The van der Waals surface area contributed by atoms with Crippen molar-refractivity contribution in [1.82, 2.24) is 15.0 Å². The van der Waals surface area contributed by atoms with Crippen LogP contribution in [0.4, 0.5) is 20.3 Å². The number of halogens is 2. The summed E-state index contributed by atoms with van der Waals surface area (Å²) < 4.78 is 33.0. The summed E-state index contributed by atoms with van der Waals surface area (Å²) in [6.45, 7) is 6.56. The molecule has 0 aliphatic carbocycles. The van der Waals surface area contributed by atoms with Crippen molar-refractivity contribution in [3.63, 3.8) is 0 Å². The number of aromatic nitrogens is 3. The highest BCUT2D eigenvalue weighted by molar-refractivity contribution is 5.89. The molecular weight excluding hydrogens is 376 g/mol. The minimum absolute atomic E-state index is 0.188. The first kappa shape index (κ1) is 18.2. The molecule has 0 spiro atoms. The molecule has 2 aliphatic heterocycles. The van der Waals surface area contributed by atoms with E-state index in [1.165, 1.54) is 12.4 Å². The summed E-state index contributed by atoms with van der Waals surface area (Å²) in [6, 6.07) is 4.48. The van der Waals surface area contributed by atoms with Crippen LogP contribution in [0, 0.1) is 11.6 Å². The Morgan fingerprint density at radius 1 is 1.00 bits per heavy atom. The van der Waals surface area contributed by atoms with Crippen LogP contribution in [0.2, 0.25) is 0 Å². The molecule has 0 N–H and O–H groups in total. The Morgan fingerprint density at radius 3 is 2.62 bits per heavy atom. The number of anilines is 2. The summed E-state index contributed by atoms with van der Waals surface area (Å²) in [4.78, 5) is 17.6. The van der Waals surface area contributed by atoms with Gasteiger partial charge in [-0.05, 0) is 17.7 Å². The van der Waals surface area contributed by atoms with Gasteiger partial charge in [0.25, 0.3) is 0 Å². The number of hydrogen-bond acceptors (Lipinski definition) is 6. The number of morpholine rings is 1. The van der Waals surface area contributed by atoms with Crippen molar-refractivity contribution in [3.8, 4) is 0 Å². The molecule has 1 atom stereocenters. The molecule has 5 rings (SSSR count). The van der Waals surface area contributed by atoms with Gasteiger partial charge in [-0.3, -0.25) is 4.98 Å². The van der Waals surface area contributed by atoms with Crippen LogP contribution in [0.15, 0.2) is 30.7 Å². The molecule has 0 bridgehead atoms. The first-order valence-corrected chi connectivity index (χ1v) is 9.76. The second kappa shape index (κ2) is 7.18. The molecule has 3 aromatic rings. The van der Waals surface area contributed by atoms with Gasteiger partial charge in [-0.15, -0.1) is 0 Å². The van der Waals surface area contributed by atoms with Gasteiger partial charge in [0.05, 0.1) is 36.3 Å². The van der Waals surface area contributed by atoms with Gasteiger partial charge in [-0.2, -0.15) is 0 Å². The molecule has 2 aliphatic rings.